The van der Waals surface area contributed by atoms with Gasteiger partial charge in [-0.1, -0.05) is 17.7 Å². The van der Waals surface area contributed by atoms with E-state index in [0.717, 1.165) is 22.8 Å². The van der Waals surface area contributed by atoms with Crippen molar-refractivity contribution < 1.29 is 9.84 Å². The lowest BCUT2D eigenvalue weighted by Crippen LogP contribution is -2.30. The van der Waals surface area contributed by atoms with E-state index in [0.29, 0.717) is 15.9 Å². The normalized spacial score (nSPS) is 17.8. The van der Waals surface area contributed by atoms with Gasteiger partial charge in [-0.3, -0.25) is 4.98 Å². The maximum atomic E-state index is 9.74. The van der Waals surface area contributed by atoms with Crippen LogP contribution in [0.15, 0.2) is 85.2 Å². The number of halogens is 1. The number of rotatable bonds is 5. The lowest BCUT2D eigenvalue weighted by atomic mass is 10.0. The van der Waals surface area contributed by atoms with Gasteiger partial charge >= 0.3 is 0 Å². The molecule has 0 aliphatic carbocycles. The second-order valence-corrected chi connectivity index (χ2v) is 8.43. The van der Waals surface area contributed by atoms with Crippen LogP contribution in [0, 0.1) is 0 Å². The fourth-order valence-electron chi connectivity index (χ4n) is 4.22. The van der Waals surface area contributed by atoms with Crippen LogP contribution in [-0.2, 0) is 0 Å². The topological polar surface area (TPSA) is 62.5 Å². The van der Waals surface area contributed by atoms with Gasteiger partial charge in [0.15, 0.2) is 5.11 Å². The number of phenolic OH excluding ortho intramolecular Hbond substituents is 1. The van der Waals surface area contributed by atoms with Crippen LogP contribution in [0.5, 0.6) is 11.5 Å². The van der Waals surface area contributed by atoms with Crippen molar-refractivity contribution in [2.75, 3.05) is 12.0 Å². The number of ether oxygens (including phenoxy) is 1. The summed E-state index contributed by atoms with van der Waals surface area (Å²) in [5, 5.41) is 14.3. The van der Waals surface area contributed by atoms with E-state index in [1.54, 1.807) is 25.4 Å². The smallest absolute Gasteiger partial charge is 0.174 e. The molecular weight excluding hydrogens is 456 g/mol. The summed E-state index contributed by atoms with van der Waals surface area (Å²) in [7, 11) is 1.59. The highest BCUT2D eigenvalue weighted by molar-refractivity contribution is 7.80. The molecule has 33 heavy (non-hydrogen) atoms. The van der Waals surface area contributed by atoms with E-state index >= 15 is 0 Å². The zero-order valence-corrected chi connectivity index (χ0v) is 19.3. The molecule has 1 aliphatic heterocycles. The Kier molecular flexibility index (Phi) is 5.66. The monoisotopic (exact) mass is 476 g/mol. The molecule has 0 amide bonds. The van der Waals surface area contributed by atoms with Gasteiger partial charge in [0.05, 0.1) is 23.9 Å². The molecule has 2 unspecified atom stereocenters. The number of hydrogen-bond donors (Lipinski definition) is 2. The fraction of sp³-hybridized carbons (Fsp3) is 0.120. The van der Waals surface area contributed by atoms with Crippen LogP contribution in [0.1, 0.15) is 23.5 Å². The Balaban J connectivity index is 1.66. The first-order valence-electron chi connectivity index (χ1n) is 10.4. The van der Waals surface area contributed by atoms with E-state index in [-0.39, 0.29) is 17.8 Å². The minimum Gasteiger partial charge on any atom is -0.508 e. The number of methoxy groups -OCH3 is 1. The second kappa shape index (κ2) is 8.77. The van der Waals surface area contributed by atoms with Crippen molar-refractivity contribution in [3.63, 3.8) is 0 Å². The molecule has 1 fully saturated rings. The lowest BCUT2D eigenvalue weighted by molar-refractivity contribution is 0.415. The average molecular weight is 477 g/mol. The van der Waals surface area contributed by atoms with Gasteiger partial charge in [-0.2, -0.15) is 0 Å². The molecule has 2 N–H and O–H groups in total. The quantitative estimate of drug-likeness (QED) is 0.375. The first-order chi connectivity index (χ1) is 16.1. The zero-order chi connectivity index (χ0) is 22.9. The number of nitrogens with one attached hydrogen (secondary N) is 1. The van der Waals surface area contributed by atoms with Gasteiger partial charge < -0.3 is 24.6 Å². The maximum Gasteiger partial charge on any atom is 0.174 e. The minimum absolute atomic E-state index is 0.189. The number of aromatic nitrogens is 2. The summed E-state index contributed by atoms with van der Waals surface area (Å²) in [6.07, 6.45) is 3.78. The molecule has 2 atom stereocenters. The SMILES string of the molecule is COc1ccc(N2C(=S)NC(c3ccccn3)C2c2cccn2-c2ccc(O)cc2)cc1Cl. The maximum absolute atomic E-state index is 9.74. The van der Waals surface area contributed by atoms with E-state index in [9.17, 15) is 5.11 Å². The van der Waals surface area contributed by atoms with Crippen molar-refractivity contribution in [3.8, 4) is 17.2 Å². The largest absolute Gasteiger partial charge is 0.508 e. The molecule has 166 valence electrons. The minimum atomic E-state index is -0.208. The number of aromatic hydroxyl groups is 1. The number of thiocarbonyl (C=S) groups is 1. The first kappa shape index (κ1) is 21.3. The Morgan fingerprint density at radius 3 is 2.52 bits per heavy atom. The Labute approximate surface area is 202 Å². The molecule has 3 heterocycles. The Morgan fingerprint density at radius 2 is 1.82 bits per heavy atom. The van der Waals surface area contributed by atoms with Gasteiger partial charge in [0.25, 0.3) is 0 Å². The fourth-order valence-corrected chi connectivity index (χ4v) is 4.82. The van der Waals surface area contributed by atoms with Crippen LogP contribution in [0.3, 0.4) is 0 Å². The van der Waals surface area contributed by atoms with Crippen LogP contribution in [0.4, 0.5) is 5.69 Å². The molecule has 0 bridgehead atoms. The molecule has 0 saturated carbocycles. The van der Waals surface area contributed by atoms with Gasteiger partial charge in [0.1, 0.15) is 17.5 Å². The summed E-state index contributed by atoms with van der Waals surface area (Å²) in [4.78, 5) is 6.67. The van der Waals surface area contributed by atoms with Crippen molar-refractivity contribution in [1.29, 1.82) is 0 Å². The molecule has 4 aromatic rings. The van der Waals surface area contributed by atoms with Crippen molar-refractivity contribution in [2.24, 2.45) is 0 Å². The molecule has 1 aliphatic rings. The Hall–Kier alpha value is -3.55. The number of nitrogens with zero attached hydrogens (tertiary/aromatic N) is 3. The zero-order valence-electron chi connectivity index (χ0n) is 17.7. The molecule has 2 aromatic carbocycles. The highest BCUT2D eigenvalue weighted by Gasteiger charge is 2.42. The van der Waals surface area contributed by atoms with Gasteiger partial charge in [-0.25, -0.2) is 0 Å². The van der Waals surface area contributed by atoms with Crippen LogP contribution in [-0.4, -0.2) is 26.9 Å². The summed E-state index contributed by atoms with van der Waals surface area (Å²) >= 11 is 12.3. The van der Waals surface area contributed by atoms with E-state index in [1.165, 1.54) is 0 Å². The first-order valence-corrected chi connectivity index (χ1v) is 11.2. The molecule has 6 nitrogen and oxygen atoms in total. The predicted molar refractivity (Wildman–Crippen MR) is 133 cm³/mol. The van der Waals surface area contributed by atoms with E-state index in [1.807, 2.05) is 60.8 Å². The highest BCUT2D eigenvalue weighted by atomic mass is 35.5. The molecular formula is C25H21ClN4O2S. The van der Waals surface area contributed by atoms with Crippen molar-refractivity contribution in [1.82, 2.24) is 14.9 Å². The second-order valence-electron chi connectivity index (χ2n) is 7.63. The van der Waals surface area contributed by atoms with Gasteiger partial charge in [-0.05, 0) is 78.9 Å². The van der Waals surface area contributed by atoms with Crippen LogP contribution < -0.4 is 15.0 Å². The van der Waals surface area contributed by atoms with Gasteiger partial charge in [0, 0.05) is 29.5 Å². The molecule has 5 rings (SSSR count). The number of benzene rings is 2. The summed E-state index contributed by atoms with van der Waals surface area (Å²) < 4.78 is 7.42. The molecule has 8 heteroatoms. The van der Waals surface area contributed by atoms with Gasteiger partial charge in [-0.15, -0.1) is 0 Å². The summed E-state index contributed by atoms with van der Waals surface area (Å²) in [5.74, 6) is 0.820. The standard InChI is InChI=1S/C25H21ClN4O2S/c1-32-22-12-9-17(15-19(22)26)30-24(23(28-25(30)33)20-5-2-3-13-27-20)21-6-4-14-29(21)16-7-10-18(31)11-8-16/h2-15,23-24,31H,1H3,(H,28,33). The third-order valence-electron chi connectivity index (χ3n) is 5.72. The van der Waals surface area contributed by atoms with Crippen LogP contribution in [0.2, 0.25) is 5.02 Å². The number of phenols is 1. The van der Waals surface area contributed by atoms with Crippen molar-refractivity contribution in [2.45, 2.75) is 12.1 Å². The number of hydrogen-bond acceptors (Lipinski definition) is 4. The third-order valence-corrected chi connectivity index (χ3v) is 6.33. The van der Waals surface area contributed by atoms with Crippen LogP contribution in [0.25, 0.3) is 5.69 Å². The lowest BCUT2D eigenvalue weighted by Gasteiger charge is -2.29. The summed E-state index contributed by atoms with van der Waals surface area (Å²) in [6.45, 7) is 0. The predicted octanol–water partition coefficient (Wildman–Crippen LogP) is 5.42. The third kappa shape index (κ3) is 3.90. The summed E-state index contributed by atoms with van der Waals surface area (Å²) in [5.41, 5.74) is 3.67. The van der Waals surface area contributed by atoms with E-state index in [2.05, 4.69) is 25.8 Å². The van der Waals surface area contributed by atoms with Crippen molar-refractivity contribution in [3.05, 3.63) is 102 Å². The summed E-state index contributed by atoms with van der Waals surface area (Å²) in [6, 6.07) is 22.3. The highest BCUT2D eigenvalue weighted by Crippen LogP contribution is 2.43. The molecule has 0 spiro atoms. The Morgan fingerprint density at radius 1 is 1.03 bits per heavy atom. The van der Waals surface area contributed by atoms with E-state index in [4.69, 9.17) is 28.6 Å². The van der Waals surface area contributed by atoms with Crippen molar-refractivity contribution >= 4 is 34.6 Å². The van der Waals surface area contributed by atoms with Gasteiger partial charge in [0.2, 0.25) is 0 Å². The van der Waals surface area contributed by atoms with E-state index < -0.39 is 0 Å². The molecule has 0 radical (unpaired) electrons. The average Bonchev–Trinajstić information content (AvgIpc) is 3.44. The Bertz CT molecular complexity index is 1290. The molecule has 1 saturated heterocycles. The van der Waals surface area contributed by atoms with Crippen LogP contribution >= 0.6 is 23.8 Å². The number of anilines is 1. The molecule has 2 aromatic heterocycles. The number of pyridine rings is 1.